The number of allylic oxidation sites excluding steroid dienone is 1. The Morgan fingerprint density at radius 1 is 1.62 bits per heavy atom. The first-order valence-electron chi connectivity index (χ1n) is 4.84. The van der Waals surface area contributed by atoms with E-state index in [-0.39, 0.29) is 12.4 Å². The Morgan fingerprint density at radius 2 is 2.38 bits per heavy atom. The number of sulfonamides is 1. The molecule has 1 rings (SSSR count). The van der Waals surface area contributed by atoms with Gasteiger partial charge >= 0.3 is 0 Å². The minimum atomic E-state index is -3.42. The number of furan rings is 1. The molecule has 0 radical (unpaired) electrons. The van der Waals surface area contributed by atoms with Crippen molar-refractivity contribution >= 4 is 10.0 Å². The molecule has 2 N–H and O–H groups in total. The Labute approximate surface area is 94.8 Å². The predicted octanol–water partition coefficient (Wildman–Crippen LogP) is 0.808. The topological polar surface area (TPSA) is 79.5 Å². The third-order valence-electron chi connectivity index (χ3n) is 1.98. The predicted molar refractivity (Wildman–Crippen MR) is 60.3 cm³/mol. The van der Waals surface area contributed by atoms with Crippen LogP contribution in [0, 0.1) is 0 Å². The van der Waals surface area contributed by atoms with Crippen LogP contribution in [0.4, 0.5) is 0 Å². The zero-order valence-electron chi connectivity index (χ0n) is 8.80. The highest BCUT2D eigenvalue weighted by Crippen LogP contribution is 2.13. The molecule has 90 valence electrons. The van der Waals surface area contributed by atoms with Crippen LogP contribution >= 0.6 is 0 Å². The molecule has 16 heavy (non-hydrogen) atoms. The molecule has 0 amide bonds. The van der Waals surface area contributed by atoms with Gasteiger partial charge in [-0.25, -0.2) is 13.1 Å². The average Bonchev–Trinajstić information content (AvgIpc) is 2.76. The van der Waals surface area contributed by atoms with Gasteiger partial charge in [0.25, 0.3) is 0 Å². The molecule has 0 saturated carbocycles. The van der Waals surface area contributed by atoms with Crippen LogP contribution in [0.25, 0.3) is 0 Å². The van der Waals surface area contributed by atoms with E-state index in [2.05, 4.69) is 11.3 Å². The normalized spacial score (nSPS) is 13.6. The second kappa shape index (κ2) is 5.83. The van der Waals surface area contributed by atoms with Crippen molar-refractivity contribution in [3.63, 3.8) is 0 Å². The van der Waals surface area contributed by atoms with Crippen molar-refractivity contribution in [1.29, 1.82) is 0 Å². The summed E-state index contributed by atoms with van der Waals surface area (Å²) in [7, 11) is -3.42. The lowest BCUT2D eigenvalue weighted by Gasteiger charge is -2.13. The molecule has 0 aliphatic rings. The van der Waals surface area contributed by atoms with Crippen LogP contribution in [0.5, 0.6) is 0 Å². The fourth-order valence-electron chi connectivity index (χ4n) is 1.19. The zero-order chi connectivity index (χ0) is 12.0. The molecule has 0 aromatic carbocycles. The van der Waals surface area contributed by atoms with Gasteiger partial charge in [0.1, 0.15) is 11.8 Å². The summed E-state index contributed by atoms with van der Waals surface area (Å²) in [6.07, 6.45) is 3.32. The molecule has 1 heterocycles. The largest absolute Gasteiger partial charge is 0.468 e. The van der Waals surface area contributed by atoms with Gasteiger partial charge < -0.3 is 9.52 Å². The van der Waals surface area contributed by atoms with Crippen LogP contribution in [-0.4, -0.2) is 25.9 Å². The van der Waals surface area contributed by atoms with Gasteiger partial charge in [-0.3, -0.25) is 0 Å². The van der Waals surface area contributed by atoms with Crippen LogP contribution < -0.4 is 4.72 Å². The Balaban J connectivity index is 2.67. The Bertz CT molecular complexity index is 410. The first kappa shape index (κ1) is 13.0. The number of nitrogens with one attached hydrogen (secondary N) is 1. The number of rotatable bonds is 7. The summed E-state index contributed by atoms with van der Waals surface area (Å²) in [5.41, 5.74) is 0. The highest BCUT2D eigenvalue weighted by Gasteiger charge is 2.20. The van der Waals surface area contributed by atoms with E-state index in [9.17, 15) is 8.42 Å². The minimum Gasteiger partial charge on any atom is -0.468 e. The van der Waals surface area contributed by atoms with Gasteiger partial charge in [-0.05, 0) is 18.6 Å². The second-order valence-corrected chi connectivity index (χ2v) is 5.14. The maximum Gasteiger partial charge on any atom is 0.212 e. The second-order valence-electron chi connectivity index (χ2n) is 3.26. The molecule has 0 saturated heterocycles. The lowest BCUT2D eigenvalue weighted by Crippen LogP contribution is -2.32. The summed E-state index contributed by atoms with van der Waals surface area (Å²) in [6.45, 7) is 3.11. The fourth-order valence-corrected chi connectivity index (χ4v) is 2.41. The van der Waals surface area contributed by atoms with E-state index in [4.69, 9.17) is 9.52 Å². The van der Waals surface area contributed by atoms with Gasteiger partial charge in [0.05, 0.1) is 18.6 Å². The van der Waals surface area contributed by atoms with Crippen LogP contribution in [0.3, 0.4) is 0 Å². The van der Waals surface area contributed by atoms with Crippen molar-refractivity contribution in [3.8, 4) is 0 Å². The molecule has 5 nitrogen and oxygen atoms in total. The quantitative estimate of drug-likeness (QED) is 0.697. The smallest absolute Gasteiger partial charge is 0.212 e. The number of hydrogen-bond donors (Lipinski definition) is 2. The third kappa shape index (κ3) is 3.80. The molecule has 0 fully saturated rings. The molecule has 0 aliphatic carbocycles. The first-order valence-corrected chi connectivity index (χ1v) is 6.49. The van der Waals surface area contributed by atoms with Crippen molar-refractivity contribution in [2.24, 2.45) is 0 Å². The molecule has 1 aromatic heterocycles. The van der Waals surface area contributed by atoms with E-state index >= 15 is 0 Å². The molecule has 6 heteroatoms. The molecular weight excluding hydrogens is 230 g/mol. The summed E-state index contributed by atoms with van der Waals surface area (Å²) in [5.74, 6) is 0.345. The summed E-state index contributed by atoms with van der Waals surface area (Å²) >= 11 is 0. The lowest BCUT2D eigenvalue weighted by atomic mass is 10.2. The van der Waals surface area contributed by atoms with Crippen LogP contribution in [0.1, 0.15) is 18.2 Å². The average molecular weight is 245 g/mol. The van der Waals surface area contributed by atoms with E-state index < -0.39 is 16.1 Å². The van der Waals surface area contributed by atoms with E-state index in [0.717, 1.165) is 0 Å². The number of hydrogen-bond acceptors (Lipinski definition) is 4. The van der Waals surface area contributed by atoms with Gasteiger partial charge in [0.2, 0.25) is 10.0 Å². The maximum atomic E-state index is 11.5. The minimum absolute atomic E-state index is 0.0479. The highest BCUT2D eigenvalue weighted by molar-refractivity contribution is 7.89. The first-order chi connectivity index (χ1) is 7.59. The number of aliphatic hydroxyl groups is 1. The van der Waals surface area contributed by atoms with Crippen LogP contribution in [0.15, 0.2) is 35.5 Å². The van der Waals surface area contributed by atoms with E-state index in [1.165, 1.54) is 12.3 Å². The Kier molecular flexibility index (Phi) is 4.72. The summed E-state index contributed by atoms with van der Waals surface area (Å²) in [6, 6.07) is 2.51. The Hall–Kier alpha value is -1.11. The summed E-state index contributed by atoms with van der Waals surface area (Å²) < 4.78 is 30.5. The van der Waals surface area contributed by atoms with Crippen LogP contribution in [-0.2, 0) is 10.0 Å². The third-order valence-corrected chi connectivity index (χ3v) is 3.40. The summed E-state index contributed by atoms with van der Waals surface area (Å²) in [4.78, 5) is 0. The van der Waals surface area contributed by atoms with Crippen molar-refractivity contribution < 1.29 is 17.9 Å². The maximum absolute atomic E-state index is 11.5. The molecule has 0 bridgehead atoms. The van der Waals surface area contributed by atoms with Gasteiger partial charge in [0, 0.05) is 0 Å². The van der Waals surface area contributed by atoms with E-state index in [1.807, 2.05) is 0 Å². The molecule has 1 unspecified atom stereocenters. The SMILES string of the molecule is C=CCCS(=O)(=O)NC(CO)c1ccco1. The van der Waals surface area contributed by atoms with Crippen molar-refractivity contribution in [2.75, 3.05) is 12.4 Å². The molecular formula is C10H15NO4S. The van der Waals surface area contributed by atoms with Crippen molar-refractivity contribution in [3.05, 3.63) is 36.8 Å². The van der Waals surface area contributed by atoms with Crippen molar-refractivity contribution in [2.45, 2.75) is 12.5 Å². The van der Waals surface area contributed by atoms with Gasteiger partial charge in [-0.1, -0.05) is 6.08 Å². The van der Waals surface area contributed by atoms with Gasteiger partial charge in [0.15, 0.2) is 0 Å². The van der Waals surface area contributed by atoms with Crippen molar-refractivity contribution in [1.82, 2.24) is 4.72 Å². The molecule has 1 atom stereocenters. The van der Waals surface area contributed by atoms with Gasteiger partial charge in [-0.15, -0.1) is 6.58 Å². The molecule has 0 aliphatic heterocycles. The number of aliphatic hydroxyl groups excluding tert-OH is 1. The van der Waals surface area contributed by atoms with E-state index in [0.29, 0.717) is 12.2 Å². The standard InChI is InChI=1S/C10H15NO4S/c1-2-3-7-16(13,14)11-9(8-12)10-5-4-6-15-10/h2,4-6,9,11-12H,1,3,7-8H2. The fraction of sp³-hybridized carbons (Fsp3) is 0.400. The zero-order valence-corrected chi connectivity index (χ0v) is 9.61. The van der Waals surface area contributed by atoms with Gasteiger partial charge in [-0.2, -0.15) is 0 Å². The molecule has 1 aromatic rings. The van der Waals surface area contributed by atoms with Crippen LogP contribution in [0.2, 0.25) is 0 Å². The molecule has 0 spiro atoms. The summed E-state index contributed by atoms with van der Waals surface area (Å²) in [5, 5.41) is 9.08. The monoisotopic (exact) mass is 245 g/mol. The highest BCUT2D eigenvalue weighted by atomic mass is 32.2. The lowest BCUT2D eigenvalue weighted by molar-refractivity contribution is 0.242. The van der Waals surface area contributed by atoms with E-state index in [1.54, 1.807) is 12.1 Å². The Morgan fingerprint density at radius 3 is 2.88 bits per heavy atom.